The fraction of sp³-hybridized carbons (Fsp3) is 0.500. The van der Waals surface area contributed by atoms with Crippen LogP contribution in [0.15, 0.2) is 16.6 Å². The van der Waals surface area contributed by atoms with Crippen LogP contribution in [0.3, 0.4) is 0 Å². The van der Waals surface area contributed by atoms with E-state index in [-0.39, 0.29) is 24.2 Å². The van der Waals surface area contributed by atoms with Crippen molar-refractivity contribution in [3.63, 3.8) is 0 Å². The Morgan fingerprint density at radius 2 is 2.00 bits per heavy atom. The van der Waals surface area contributed by atoms with Crippen molar-refractivity contribution in [1.82, 2.24) is 0 Å². The van der Waals surface area contributed by atoms with Gasteiger partial charge in [0.05, 0.1) is 4.47 Å². The van der Waals surface area contributed by atoms with Crippen molar-refractivity contribution in [3.8, 4) is 5.75 Å². The third kappa shape index (κ3) is 3.31. The number of phenolic OH excluding ortho intramolecular Hbond substituents is 1. The van der Waals surface area contributed by atoms with Crippen LogP contribution < -0.4 is 5.73 Å². The molecule has 0 bridgehead atoms. The van der Waals surface area contributed by atoms with Crippen LogP contribution in [0.25, 0.3) is 0 Å². The Balaban J connectivity index is 0.00000162. The molecule has 1 aliphatic rings. The molecule has 1 aromatic carbocycles. The highest BCUT2D eigenvalue weighted by Crippen LogP contribution is 2.40. The molecule has 6 heteroatoms. The minimum atomic E-state index is -0.246. The first kappa shape index (κ1) is 16.1. The number of hydrogen-bond donors (Lipinski definition) is 2. The van der Waals surface area contributed by atoms with Crippen LogP contribution in [0.1, 0.15) is 24.4 Å². The van der Waals surface area contributed by atoms with Gasteiger partial charge in [0.1, 0.15) is 5.75 Å². The first-order valence-electron chi connectivity index (χ1n) is 5.61. The van der Waals surface area contributed by atoms with E-state index in [2.05, 4.69) is 15.9 Å². The SMILES string of the molecule is Cl.N[C@H](c1c(Cl)ccc(Br)c1O)C1CCOCC1. The second-order valence-electron chi connectivity index (χ2n) is 4.27. The highest BCUT2D eigenvalue weighted by molar-refractivity contribution is 9.10. The molecule has 0 spiro atoms. The molecule has 0 aliphatic carbocycles. The molecule has 102 valence electrons. The van der Waals surface area contributed by atoms with Crippen molar-refractivity contribution >= 4 is 39.9 Å². The van der Waals surface area contributed by atoms with E-state index in [4.69, 9.17) is 22.1 Å². The van der Waals surface area contributed by atoms with Gasteiger partial charge in [-0.1, -0.05) is 11.6 Å². The monoisotopic (exact) mass is 355 g/mol. The van der Waals surface area contributed by atoms with Crippen LogP contribution in [0, 0.1) is 5.92 Å². The van der Waals surface area contributed by atoms with Gasteiger partial charge in [-0.15, -0.1) is 12.4 Å². The lowest BCUT2D eigenvalue weighted by molar-refractivity contribution is 0.0581. The smallest absolute Gasteiger partial charge is 0.136 e. The summed E-state index contributed by atoms with van der Waals surface area (Å²) in [6.45, 7) is 1.45. The zero-order valence-corrected chi connectivity index (χ0v) is 12.9. The summed E-state index contributed by atoms with van der Waals surface area (Å²) in [7, 11) is 0. The summed E-state index contributed by atoms with van der Waals surface area (Å²) < 4.78 is 5.93. The summed E-state index contributed by atoms with van der Waals surface area (Å²) in [5.74, 6) is 0.456. The topological polar surface area (TPSA) is 55.5 Å². The molecule has 1 aliphatic heterocycles. The number of phenols is 1. The van der Waals surface area contributed by atoms with Crippen LogP contribution >= 0.6 is 39.9 Å². The Morgan fingerprint density at radius 1 is 1.39 bits per heavy atom. The summed E-state index contributed by atoms with van der Waals surface area (Å²) >= 11 is 9.41. The Bertz CT molecular complexity index is 411. The predicted molar refractivity (Wildman–Crippen MR) is 78.5 cm³/mol. The summed E-state index contributed by atoms with van der Waals surface area (Å²) in [5.41, 5.74) is 6.85. The Hall–Kier alpha value is -0.000000000000000132. The molecule has 1 aromatic rings. The molecule has 0 radical (unpaired) electrons. The van der Waals surface area contributed by atoms with Crippen molar-refractivity contribution in [2.45, 2.75) is 18.9 Å². The van der Waals surface area contributed by atoms with Crippen LogP contribution in [0.2, 0.25) is 5.02 Å². The summed E-state index contributed by atoms with van der Waals surface area (Å²) in [6.07, 6.45) is 1.81. The van der Waals surface area contributed by atoms with Crippen molar-refractivity contribution in [2.75, 3.05) is 13.2 Å². The number of nitrogens with two attached hydrogens (primary N) is 1. The average Bonchev–Trinajstić information content (AvgIpc) is 2.35. The first-order valence-corrected chi connectivity index (χ1v) is 6.78. The lowest BCUT2D eigenvalue weighted by Crippen LogP contribution is -2.27. The molecule has 0 aromatic heterocycles. The predicted octanol–water partition coefficient (Wildman–Crippen LogP) is 3.66. The number of rotatable bonds is 2. The van der Waals surface area contributed by atoms with Crippen molar-refractivity contribution in [3.05, 3.63) is 27.2 Å². The molecule has 3 N–H and O–H groups in total. The Labute approximate surface area is 126 Å². The molecule has 1 atom stereocenters. The van der Waals surface area contributed by atoms with E-state index in [1.54, 1.807) is 12.1 Å². The minimum Gasteiger partial charge on any atom is -0.506 e. The van der Waals surface area contributed by atoms with Gasteiger partial charge < -0.3 is 15.6 Å². The van der Waals surface area contributed by atoms with Gasteiger partial charge in [-0.05, 0) is 46.8 Å². The Kier molecular flexibility index (Phi) is 6.21. The van der Waals surface area contributed by atoms with Gasteiger partial charge in [0.2, 0.25) is 0 Å². The number of halogens is 3. The van der Waals surface area contributed by atoms with Crippen LogP contribution in [-0.2, 0) is 4.74 Å². The summed E-state index contributed by atoms with van der Waals surface area (Å²) in [4.78, 5) is 0. The highest BCUT2D eigenvalue weighted by atomic mass is 79.9. The van der Waals surface area contributed by atoms with Crippen molar-refractivity contribution < 1.29 is 9.84 Å². The van der Waals surface area contributed by atoms with Crippen molar-refractivity contribution in [1.29, 1.82) is 0 Å². The maximum atomic E-state index is 10.0. The maximum absolute atomic E-state index is 10.0. The van der Waals surface area contributed by atoms with Crippen LogP contribution in [0.5, 0.6) is 5.75 Å². The second-order valence-corrected chi connectivity index (χ2v) is 5.53. The van der Waals surface area contributed by atoms with Crippen LogP contribution in [-0.4, -0.2) is 18.3 Å². The molecular weight excluding hydrogens is 341 g/mol. The molecule has 3 nitrogen and oxygen atoms in total. The molecule has 0 unspecified atom stereocenters. The number of benzene rings is 1. The zero-order chi connectivity index (χ0) is 12.4. The van der Waals surface area contributed by atoms with Gasteiger partial charge in [-0.3, -0.25) is 0 Å². The highest BCUT2D eigenvalue weighted by Gasteiger charge is 2.26. The normalized spacial score (nSPS) is 18.2. The third-order valence-electron chi connectivity index (χ3n) is 3.22. The summed E-state index contributed by atoms with van der Waals surface area (Å²) in [6, 6.07) is 3.22. The van der Waals surface area contributed by atoms with Gasteiger partial charge in [-0.25, -0.2) is 0 Å². The standard InChI is InChI=1S/C12H15BrClNO2.ClH/c13-8-1-2-9(14)10(12(8)16)11(15)7-3-5-17-6-4-7;/h1-2,7,11,16H,3-6,15H2;1H/t11-;/m0./s1. The Morgan fingerprint density at radius 3 is 2.61 bits per heavy atom. The maximum Gasteiger partial charge on any atom is 0.136 e. The lowest BCUT2D eigenvalue weighted by atomic mass is 9.87. The minimum absolute atomic E-state index is 0. The molecule has 0 amide bonds. The fourth-order valence-electron chi connectivity index (χ4n) is 2.18. The zero-order valence-electron chi connectivity index (χ0n) is 9.73. The lowest BCUT2D eigenvalue weighted by Gasteiger charge is -2.29. The van der Waals surface area contributed by atoms with Crippen LogP contribution in [0.4, 0.5) is 0 Å². The fourth-order valence-corrected chi connectivity index (χ4v) is 2.81. The van der Waals surface area contributed by atoms with Gasteiger partial charge in [0, 0.05) is 29.8 Å². The second kappa shape index (κ2) is 6.96. The van der Waals surface area contributed by atoms with Crippen molar-refractivity contribution in [2.24, 2.45) is 11.7 Å². The number of aromatic hydroxyl groups is 1. The first-order chi connectivity index (χ1) is 8.11. The number of ether oxygens (including phenoxy) is 1. The third-order valence-corrected chi connectivity index (χ3v) is 4.19. The van der Waals surface area contributed by atoms with E-state index < -0.39 is 0 Å². The molecule has 0 saturated carbocycles. The largest absolute Gasteiger partial charge is 0.506 e. The summed E-state index contributed by atoms with van der Waals surface area (Å²) in [5, 5.41) is 10.6. The molecule has 1 heterocycles. The molecule has 18 heavy (non-hydrogen) atoms. The molecule has 1 fully saturated rings. The van der Waals surface area contributed by atoms with Gasteiger partial charge >= 0.3 is 0 Å². The number of hydrogen-bond acceptors (Lipinski definition) is 3. The van der Waals surface area contributed by atoms with Gasteiger partial charge in [0.25, 0.3) is 0 Å². The van der Waals surface area contributed by atoms with E-state index in [9.17, 15) is 5.11 Å². The average molecular weight is 357 g/mol. The van der Waals surface area contributed by atoms with E-state index in [0.29, 0.717) is 21.0 Å². The quantitative estimate of drug-likeness (QED) is 0.850. The molecule has 2 rings (SSSR count). The van der Waals surface area contributed by atoms with E-state index >= 15 is 0 Å². The molecule has 1 saturated heterocycles. The van der Waals surface area contributed by atoms with E-state index in [1.165, 1.54) is 0 Å². The van der Waals surface area contributed by atoms with E-state index in [0.717, 1.165) is 26.1 Å². The van der Waals surface area contributed by atoms with Gasteiger partial charge in [-0.2, -0.15) is 0 Å². The van der Waals surface area contributed by atoms with E-state index in [1.807, 2.05) is 0 Å². The molecular formula is C12H16BrCl2NO2. The van der Waals surface area contributed by atoms with Gasteiger partial charge in [0.15, 0.2) is 0 Å².